The monoisotopic (exact) mass is 327 g/mol. The summed E-state index contributed by atoms with van der Waals surface area (Å²) in [6.07, 6.45) is 0. The molecular formula is C17H14FN3O3. The average Bonchev–Trinajstić information content (AvgIpc) is 3.05. The van der Waals surface area contributed by atoms with E-state index in [1.54, 1.807) is 43.3 Å². The van der Waals surface area contributed by atoms with Crippen LogP contribution in [-0.2, 0) is 6.61 Å². The number of amides is 1. The Hall–Kier alpha value is -3.22. The zero-order chi connectivity index (χ0) is 17.1. The van der Waals surface area contributed by atoms with Gasteiger partial charge in [-0.1, -0.05) is 17.3 Å². The minimum Gasteiger partial charge on any atom is -0.484 e. The number of carbonyl (C=O) groups is 1. The fraction of sp³-hybridized carbons (Fsp3) is 0.118. The predicted molar refractivity (Wildman–Crippen MR) is 83.7 cm³/mol. The zero-order valence-corrected chi connectivity index (χ0v) is 12.8. The van der Waals surface area contributed by atoms with E-state index in [0.29, 0.717) is 22.4 Å². The lowest BCUT2D eigenvalue weighted by atomic mass is 10.1. The number of hydrogen-bond acceptors (Lipinski definition) is 5. The van der Waals surface area contributed by atoms with Gasteiger partial charge in [-0.25, -0.2) is 4.39 Å². The minimum absolute atomic E-state index is 0.0528. The van der Waals surface area contributed by atoms with Crippen molar-refractivity contribution >= 4 is 5.91 Å². The summed E-state index contributed by atoms with van der Waals surface area (Å²) in [7, 11) is 0. The van der Waals surface area contributed by atoms with Crippen molar-refractivity contribution in [3.63, 3.8) is 0 Å². The minimum atomic E-state index is -0.506. The molecule has 0 bridgehead atoms. The summed E-state index contributed by atoms with van der Waals surface area (Å²) >= 11 is 0. The first-order valence-electron chi connectivity index (χ1n) is 7.15. The first-order valence-corrected chi connectivity index (χ1v) is 7.15. The summed E-state index contributed by atoms with van der Waals surface area (Å²) in [4.78, 5) is 15.2. The maximum absolute atomic E-state index is 13.6. The summed E-state index contributed by atoms with van der Waals surface area (Å²) in [6.45, 7) is 1.73. The van der Waals surface area contributed by atoms with Crippen LogP contribution in [0.4, 0.5) is 4.39 Å². The highest BCUT2D eigenvalue weighted by molar-refractivity contribution is 5.92. The van der Waals surface area contributed by atoms with Crippen LogP contribution in [0.2, 0.25) is 0 Å². The molecule has 0 spiro atoms. The van der Waals surface area contributed by atoms with Gasteiger partial charge in [-0.05, 0) is 42.8 Å². The van der Waals surface area contributed by atoms with Crippen molar-refractivity contribution in [1.82, 2.24) is 10.1 Å². The fourth-order valence-electron chi connectivity index (χ4n) is 2.02. The van der Waals surface area contributed by atoms with Crippen LogP contribution in [0.15, 0.2) is 47.0 Å². The van der Waals surface area contributed by atoms with Gasteiger partial charge in [0.05, 0.1) is 0 Å². The summed E-state index contributed by atoms with van der Waals surface area (Å²) in [5.41, 5.74) is 6.63. The first kappa shape index (κ1) is 15.7. The summed E-state index contributed by atoms with van der Waals surface area (Å²) in [5.74, 6) is 0.237. The van der Waals surface area contributed by atoms with Gasteiger partial charge < -0.3 is 15.0 Å². The Kier molecular flexibility index (Phi) is 4.24. The second-order valence-corrected chi connectivity index (χ2v) is 5.15. The van der Waals surface area contributed by atoms with E-state index in [1.807, 2.05) is 0 Å². The molecule has 0 unspecified atom stereocenters. The molecule has 0 fully saturated rings. The van der Waals surface area contributed by atoms with Crippen LogP contribution >= 0.6 is 0 Å². The Balaban J connectivity index is 1.67. The van der Waals surface area contributed by atoms with E-state index in [-0.39, 0.29) is 24.1 Å². The van der Waals surface area contributed by atoms with E-state index in [2.05, 4.69) is 10.1 Å². The molecule has 1 aromatic heterocycles. The van der Waals surface area contributed by atoms with Crippen molar-refractivity contribution in [1.29, 1.82) is 0 Å². The molecule has 2 N–H and O–H groups in total. The fourth-order valence-corrected chi connectivity index (χ4v) is 2.02. The maximum atomic E-state index is 13.6. The molecule has 0 aliphatic heterocycles. The molecule has 24 heavy (non-hydrogen) atoms. The third-order valence-corrected chi connectivity index (χ3v) is 3.40. The zero-order valence-electron chi connectivity index (χ0n) is 12.8. The van der Waals surface area contributed by atoms with Crippen LogP contribution in [0.25, 0.3) is 11.4 Å². The largest absolute Gasteiger partial charge is 0.484 e. The van der Waals surface area contributed by atoms with Gasteiger partial charge in [-0.3, -0.25) is 4.79 Å². The third-order valence-electron chi connectivity index (χ3n) is 3.40. The van der Waals surface area contributed by atoms with Gasteiger partial charge in [0.15, 0.2) is 6.61 Å². The molecule has 2 aromatic carbocycles. The molecule has 3 aromatic rings. The molecule has 0 radical (unpaired) electrons. The summed E-state index contributed by atoms with van der Waals surface area (Å²) < 4.78 is 24.2. The summed E-state index contributed by atoms with van der Waals surface area (Å²) in [6, 6.07) is 11.1. The lowest BCUT2D eigenvalue weighted by molar-refractivity contribution is 0.1000. The molecule has 0 atom stereocenters. The number of benzene rings is 2. The van der Waals surface area contributed by atoms with Gasteiger partial charge in [-0.2, -0.15) is 4.98 Å². The lowest BCUT2D eigenvalue weighted by Crippen LogP contribution is -2.10. The van der Waals surface area contributed by atoms with Gasteiger partial charge >= 0.3 is 0 Å². The normalized spacial score (nSPS) is 10.6. The average molecular weight is 327 g/mol. The Labute approximate surface area is 137 Å². The van der Waals surface area contributed by atoms with E-state index in [0.717, 1.165) is 0 Å². The molecule has 122 valence electrons. The number of halogens is 1. The quantitative estimate of drug-likeness (QED) is 0.778. The highest BCUT2D eigenvalue weighted by Crippen LogP contribution is 2.20. The Bertz CT molecular complexity index is 875. The van der Waals surface area contributed by atoms with Crippen molar-refractivity contribution in [2.24, 2.45) is 5.73 Å². The van der Waals surface area contributed by atoms with E-state index in [4.69, 9.17) is 15.0 Å². The molecule has 0 aliphatic rings. The third kappa shape index (κ3) is 3.40. The number of aryl methyl sites for hydroxylation is 1. The summed E-state index contributed by atoms with van der Waals surface area (Å²) in [5, 5.41) is 3.81. The molecule has 0 aliphatic carbocycles. The van der Waals surface area contributed by atoms with Gasteiger partial charge in [-0.15, -0.1) is 0 Å². The van der Waals surface area contributed by atoms with Crippen molar-refractivity contribution in [3.05, 3.63) is 65.3 Å². The number of nitrogens with zero attached hydrogens (tertiary/aromatic N) is 2. The number of nitrogens with two attached hydrogens (primary N) is 1. The van der Waals surface area contributed by atoms with Crippen LogP contribution in [0.1, 0.15) is 21.8 Å². The van der Waals surface area contributed by atoms with Crippen molar-refractivity contribution in [2.45, 2.75) is 13.5 Å². The molecule has 6 nitrogen and oxygen atoms in total. The number of rotatable bonds is 5. The van der Waals surface area contributed by atoms with Gasteiger partial charge in [0, 0.05) is 11.1 Å². The molecule has 7 heteroatoms. The molecule has 1 heterocycles. The predicted octanol–water partition coefficient (Wildman–Crippen LogP) is 2.86. The molecule has 1 amide bonds. The van der Waals surface area contributed by atoms with E-state index >= 15 is 0 Å². The number of aromatic nitrogens is 2. The van der Waals surface area contributed by atoms with Crippen molar-refractivity contribution < 1.29 is 18.4 Å². The Morgan fingerprint density at radius 1 is 1.25 bits per heavy atom. The topological polar surface area (TPSA) is 91.2 Å². The second-order valence-electron chi connectivity index (χ2n) is 5.15. The smallest absolute Gasteiger partial charge is 0.264 e. The number of hydrogen-bond donors (Lipinski definition) is 1. The number of primary amides is 1. The van der Waals surface area contributed by atoms with E-state index in [1.165, 1.54) is 6.07 Å². The van der Waals surface area contributed by atoms with Crippen LogP contribution in [0.3, 0.4) is 0 Å². The van der Waals surface area contributed by atoms with Gasteiger partial charge in [0.25, 0.3) is 5.89 Å². The molecular weight excluding hydrogens is 313 g/mol. The van der Waals surface area contributed by atoms with Gasteiger partial charge in [0.2, 0.25) is 11.7 Å². The maximum Gasteiger partial charge on any atom is 0.264 e. The van der Waals surface area contributed by atoms with Crippen LogP contribution in [0, 0.1) is 12.7 Å². The van der Waals surface area contributed by atoms with E-state index in [9.17, 15) is 9.18 Å². The van der Waals surface area contributed by atoms with Crippen LogP contribution in [-0.4, -0.2) is 16.0 Å². The number of ether oxygens (including phenoxy) is 1. The second kappa shape index (κ2) is 6.49. The lowest BCUT2D eigenvalue weighted by Gasteiger charge is -2.03. The Morgan fingerprint density at radius 2 is 2.00 bits per heavy atom. The van der Waals surface area contributed by atoms with Crippen molar-refractivity contribution in [2.75, 3.05) is 0 Å². The van der Waals surface area contributed by atoms with Crippen LogP contribution < -0.4 is 10.5 Å². The SMILES string of the molecule is Cc1ccc(-c2noc(COc3ccc(C(N)=O)cc3)n2)cc1F. The Morgan fingerprint density at radius 3 is 2.67 bits per heavy atom. The van der Waals surface area contributed by atoms with Gasteiger partial charge in [0.1, 0.15) is 11.6 Å². The molecule has 0 saturated heterocycles. The van der Waals surface area contributed by atoms with Crippen LogP contribution in [0.5, 0.6) is 5.75 Å². The standard InChI is InChI=1S/C17H14FN3O3/c1-10-2-3-12(8-14(10)18)17-20-15(24-21-17)9-23-13-6-4-11(5-7-13)16(19)22/h2-8H,9H2,1H3,(H2,19,22). The molecule has 0 saturated carbocycles. The van der Waals surface area contributed by atoms with E-state index < -0.39 is 5.91 Å². The molecule has 3 rings (SSSR count). The highest BCUT2D eigenvalue weighted by Gasteiger charge is 2.11. The highest BCUT2D eigenvalue weighted by atomic mass is 19.1. The number of carbonyl (C=O) groups excluding carboxylic acids is 1. The van der Waals surface area contributed by atoms with Crippen molar-refractivity contribution in [3.8, 4) is 17.1 Å². The first-order chi connectivity index (χ1) is 11.5.